The molecule has 0 saturated heterocycles. The maximum Gasteiger partial charge on any atom is 0.221 e. The van der Waals surface area contributed by atoms with Crippen LogP contribution < -0.4 is 10.5 Å². The summed E-state index contributed by atoms with van der Waals surface area (Å²) in [5.41, 5.74) is 5.95. The number of hydrogen-bond acceptors (Lipinski definition) is 3. The van der Waals surface area contributed by atoms with Crippen molar-refractivity contribution in [1.82, 2.24) is 4.98 Å². The van der Waals surface area contributed by atoms with Gasteiger partial charge in [0, 0.05) is 24.0 Å². The van der Waals surface area contributed by atoms with Crippen molar-refractivity contribution in [3.8, 4) is 11.6 Å². The van der Waals surface area contributed by atoms with Gasteiger partial charge in [0.1, 0.15) is 5.82 Å². The minimum absolute atomic E-state index is 0.0977. The zero-order chi connectivity index (χ0) is 11.5. The number of anilines is 1. The summed E-state index contributed by atoms with van der Waals surface area (Å²) in [5, 5.41) is 0. The third kappa shape index (κ3) is 2.25. The lowest BCUT2D eigenvalue weighted by atomic mass is 10.3. The molecule has 0 atom stereocenters. The standard InChI is InChI=1S/C11H8F2N2O/c12-7-1-2-10(9(13)5-7)16-11-6-8(14)3-4-15-11/h1-6H,(H2,14,15). The van der Waals surface area contributed by atoms with E-state index in [1.54, 1.807) is 6.07 Å². The van der Waals surface area contributed by atoms with Crippen LogP contribution in [0.3, 0.4) is 0 Å². The van der Waals surface area contributed by atoms with Gasteiger partial charge in [-0.2, -0.15) is 0 Å². The molecule has 0 saturated carbocycles. The number of ether oxygens (including phenoxy) is 1. The van der Waals surface area contributed by atoms with Crippen LogP contribution in [0.5, 0.6) is 11.6 Å². The van der Waals surface area contributed by atoms with Gasteiger partial charge >= 0.3 is 0 Å². The predicted octanol–water partition coefficient (Wildman–Crippen LogP) is 2.73. The first-order valence-corrected chi connectivity index (χ1v) is 4.49. The molecule has 0 aliphatic rings. The molecule has 5 heteroatoms. The molecule has 0 unspecified atom stereocenters. The number of pyridine rings is 1. The van der Waals surface area contributed by atoms with Crippen LogP contribution in [-0.4, -0.2) is 4.98 Å². The summed E-state index contributed by atoms with van der Waals surface area (Å²) in [6.07, 6.45) is 1.44. The molecule has 1 aromatic heterocycles. The molecule has 2 aromatic rings. The Morgan fingerprint density at radius 1 is 1.12 bits per heavy atom. The zero-order valence-electron chi connectivity index (χ0n) is 8.15. The smallest absolute Gasteiger partial charge is 0.221 e. The molecule has 0 amide bonds. The highest BCUT2D eigenvalue weighted by Crippen LogP contribution is 2.24. The number of benzene rings is 1. The van der Waals surface area contributed by atoms with E-state index in [4.69, 9.17) is 10.5 Å². The Bertz CT molecular complexity index is 517. The van der Waals surface area contributed by atoms with Crippen molar-refractivity contribution in [2.24, 2.45) is 0 Å². The molecule has 16 heavy (non-hydrogen) atoms. The van der Waals surface area contributed by atoms with Crippen molar-refractivity contribution in [2.75, 3.05) is 5.73 Å². The number of nitrogen functional groups attached to an aromatic ring is 1. The van der Waals surface area contributed by atoms with Crippen molar-refractivity contribution < 1.29 is 13.5 Å². The second-order valence-corrected chi connectivity index (χ2v) is 3.10. The number of halogens is 2. The molecule has 0 fully saturated rings. The summed E-state index contributed by atoms with van der Waals surface area (Å²) >= 11 is 0. The van der Waals surface area contributed by atoms with Gasteiger partial charge in [-0.3, -0.25) is 0 Å². The van der Waals surface area contributed by atoms with Gasteiger partial charge < -0.3 is 10.5 Å². The first-order chi connectivity index (χ1) is 7.65. The van der Waals surface area contributed by atoms with Crippen LogP contribution in [0.4, 0.5) is 14.5 Å². The van der Waals surface area contributed by atoms with E-state index in [0.717, 1.165) is 12.1 Å². The molecule has 0 aliphatic heterocycles. The predicted molar refractivity (Wildman–Crippen MR) is 55.1 cm³/mol. The van der Waals surface area contributed by atoms with E-state index in [-0.39, 0.29) is 11.6 Å². The van der Waals surface area contributed by atoms with Crippen LogP contribution in [0.1, 0.15) is 0 Å². The summed E-state index contributed by atoms with van der Waals surface area (Å²) < 4.78 is 30.9. The van der Waals surface area contributed by atoms with Crippen molar-refractivity contribution >= 4 is 5.69 Å². The van der Waals surface area contributed by atoms with Crippen LogP contribution in [-0.2, 0) is 0 Å². The Balaban J connectivity index is 2.27. The largest absolute Gasteiger partial charge is 0.436 e. The number of nitrogens with two attached hydrogens (primary N) is 1. The van der Waals surface area contributed by atoms with Crippen LogP contribution in [0.15, 0.2) is 36.5 Å². The molecule has 2 rings (SSSR count). The molecule has 3 nitrogen and oxygen atoms in total. The quantitative estimate of drug-likeness (QED) is 0.849. The normalized spacial score (nSPS) is 10.1. The van der Waals surface area contributed by atoms with E-state index in [2.05, 4.69) is 4.98 Å². The van der Waals surface area contributed by atoms with Crippen LogP contribution in [0, 0.1) is 11.6 Å². The number of nitrogens with zero attached hydrogens (tertiary/aromatic N) is 1. The lowest BCUT2D eigenvalue weighted by Gasteiger charge is -2.05. The number of hydrogen-bond donors (Lipinski definition) is 1. The Morgan fingerprint density at radius 2 is 1.94 bits per heavy atom. The highest BCUT2D eigenvalue weighted by Gasteiger charge is 2.06. The van der Waals surface area contributed by atoms with E-state index < -0.39 is 11.6 Å². The summed E-state index contributed by atoms with van der Waals surface area (Å²) in [4.78, 5) is 3.84. The van der Waals surface area contributed by atoms with Gasteiger partial charge in [0.15, 0.2) is 11.6 Å². The molecule has 0 bridgehead atoms. The molecule has 0 spiro atoms. The van der Waals surface area contributed by atoms with E-state index in [9.17, 15) is 8.78 Å². The minimum Gasteiger partial charge on any atom is -0.436 e. The van der Waals surface area contributed by atoms with Gasteiger partial charge in [-0.25, -0.2) is 13.8 Å². The summed E-state index contributed by atoms with van der Waals surface area (Å²) in [5.74, 6) is -1.39. The average Bonchev–Trinajstić information content (AvgIpc) is 2.22. The monoisotopic (exact) mass is 222 g/mol. The third-order valence-electron chi connectivity index (χ3n) is 1.87. The van der Waals surface area contributed by atoms with Crippen LogP contribution >= 0.6 is 0 Å². The molecule has 82 valence electrons. The first-order valence-electron chi connectivity index (χ1n) is 4.49. The van der Waals surface area contributed by atoms with E-state index in [1.165, 1.54) is 18.3 Å². The van der Waals surface area contributed by atoms with Gasteiger partial charge in [0.25, 0.3) is 0 Å². The molecular weight excluding hydrogens is 214 g/mol. The topological polar surface area (TPSA) is 48.1 Å². The highest BCUT2D eigenvalue weighted by molar-refractivity contribution is 5.41. The second-order valence-electron chi connectivity index (χ2n) is 3.10. The van der Waals surface area contributed by atoms with Crippen molar-refractivity contribution in [3.63, 3.8) is 0 Å². The summed E-state index contributed by atoms with van der Waals surface area (Å²) in [7, 11) is 0. The summed E-state index contributed by atoms with van der Waals surface area (Å²) in [6, 6.07) is 6.05. The van der Waals surface area contributed by atoms with E-state index >= 15 is 0 Å². The lowest BCUT2D eigenvalue weighted by molar-refractivity contribution is 0.424. The third-order valence-corrected chi connectivity index (χ3v) is 1.87. The van der Waals surface area contributed by atoms with Gasteiger partial charge in [-0.1, -0.05) is 0 Å². The zero-order valence-corrected chi connectivity index (χ0v) is 8.15. The molecule has 1 aromatic carbocycles. The maximum absolute atomic E-state index is 13.2. The number of aromatic nitrogens is 1. The Morgan fingerprint density at radius 3 is 2.62 bits per heavy atom. The molecule has 0 aliphatic carbocycles. The maximum atomic E-state index is 13.2. The van der Waals surface area contributed by atoms with E-state index in [1.807, 2.05) is 0 Å². The highest BCUT2D eigenvalue weighted by atomic mass is 19.1. The first kappa shape index (κ1) is 10.4. The molecule has 2 N–H and O–H groups in total. The molecular formula is C11H8F2N2O. The van der Waals surface area contributed by atoms with Crippen molar-refractivity contribution in [3.05, 3.63) is 48.2 Å². The SMILES string of the molecule is Nc1ccnc(Oc2ccc(F)cc2F)c1. The van der Waals surface area contributed by atoms with Crippen LogP contribution in [0.2, 0.25) is 0 Å². The Labute approximate surface area is 90.5 Å². The molecule has 1 heterocycles. The fourth-order valence-electron chi connectivity index (χ4n) is 1.15. The molecule has 0 radical (unpaired) electrons. The van der Waals surface area contributed by atoms with Gasteiger partial charge in [-0.05, 0) is 18.2 Å². The van der Waals surface area contributed by atoms with Gasteiger partial charge in [0.05, 0.1) is 0 Å². The minimum atomic E-state index is -0.788. The number of rotatable bonds is 2. The van der Waals surface area contributed by atoms with Crippen molar-refractivity contribution in [2.45, 2.75) is 0 Å². The average molecular weight is 222 g/mol. The fraction of sp³-hybridized carbons (Fsp3) is 0. The Hall–Kier alpha value is -2.17. The summed E-state index contributed by atoms with van der Waals surface area (Å²) in [6.45, 7) is 0. The van der Waals surface area contributed by atoms with Crippen LogP contribution in [0.25, 0.3) is 0 Å². The van der Waals surface area contributed by atoms with Gasteiger partial charge in [0.2, 0.25) is 5.88 Å². The fourth-order valence-corrected chi connectivity index (χ4v) is 1.15. The van der Waals surface area contributed by atoms with E-state index in [0.29, 0.717) is 5.69 Å². The van der Waals surface area contributed by atoms with Gasteiger partial charge in [-0.15, -0.1) is 0 Å². The van der Waals surface area contributed by atoms with Crippen molar-refractivity contribution in [1.29, 1.82) is 0 Å². The Kier molecular flexibility index (Phi) is 2.68. The lowest BCUT2D eigenvalue weighted by Crippen LogP contribution is -1.93. The second kappa shape index (κ2) is 4.14.